The van der Waals surface area contributed by atoms with Gasteiger partial charge in [0, 0.05) is 0 Å². The fourth-order valence-electron chi connectivity index (χ4n) is 1.17. The molecule has 0 amide bonds. The van der Waals surface area contributed by atoms with Gasteiger partial charge in [-0.15, -0.1) is 13.2 Å². The lowest BCUT2D eigenvalue weighted by Crippen LogP contribution is -2.18. The van der Waals surface area contributed by atoms with E-state index in [1.165, 1.54) is 12.1 Å². The van der Waals surface area contributed by atoms with E-state index in [1.807, 2.05) is 20.8 Å². The summed E-state index contributed by atoms with van der Waals surface area (Å²) in [5.41, 5.74) is 0.687. The van der Waals surface area contributed by atoms with Crippen molar-refractivity contribution in [2.75, 3.05) is 0 Å². The Morgan fingerprint density at radius 2 is 1.69 bits per heavy atom. The number of hydrogen-bond acceptors (Lipinski definition) is 1. The van der Waals surface area contributed by atoms with E-state index in [4.69, 9.17) is 11.6 Å². The van der Waals surface area contributed by atoms with Gasteiger partial charge in [0.15, 0.2) is 0 Å². The fraction of sp³-hybridized carbons (Fsp3) is 0.455. The van der Waals surface area contributed by atoms with Gasteiger partial charge < -0.3 is 4.74 Å². The van der Waals surface area contributed by atoms with Crippen molar-refractivity contribution in [3.05, 3.63) is 28.8 Å². The highest BCUT2D eigenvalue weighted by Crippen LogP contribution is 2.33. The van der Waals surface area contributed by atoms with Crippen molar-refractivity contribution in [2.45, 2.75) is 32.5 Å². The number of alkyl halides is 3. The van der Waals surface area contributed by atoms with Crippen LogP contribution in [0.3, 0.4) is 0 Å². The molecule has 0 heterocycles. The van der Waals surface area contributed by atoms with Crippen LogP contribution in [-0.4, -0.2) is 6.36 Å². The summed E-state index contributed by atoms with van der Waals surface area (Å²) in [6.45, 7) is 5.84. The normalized spacial score (nSPS) is 12.7. The molecule has 1 nitrogen and oxygen atoms in total. The Morgan fingerprint density at radius 1 is 1.12 bits per heavy atom. The summed E-state index contributed by atoms with van der Waals surface area (Å²) in [5, 5.41) is -0.0373. The van der Waals surface area contributed by atoms with Gasteiger partial charge in [0.2, 0.25) is 0 Å². The van der Waals surface area contributed by atoms with Crippen molar-refractivity contribution < 1.29 is 17.9 Å². The number of rotatable bonds is 1. The molecular weight excluding hydrogens is 241 g/mol. The third-order valence-corrected chi connectivity index (χ3v) is 2.32. The molecule has 0 spiro atoms. The maximum Gasteiger partial charge on any atom is 0.573 e. The highest BCUT2D eigenvalue weighted by molar-refractivity contribution is 6.32. The highest BCUT2D eigenvalue weighted by atomic mass is 35.5. The molecule has 0 radical (unpaired) electrons. The van der Waals surface area contributed by atoms with E-state index in [0.717, 1.165) is 5.56 Å². The van der Waals surface area contributed by atoms with Crippen LogP contribution in [0, 0.1) is 0 Å². The Hall–Kier alpha value is -0.900. The summed E-state index contributed by atoms with van der Waals surface area (Å²) in [4.78, 5) is 0. The van der Waals surface area contributed by atoms with Gasteiger partial charge in [0.25, 0.3) is 0 Å². The van der Waals surface area contributed by atoms with Gasteiger partial charge >= 0.3 is 6.36 Å². The Labute approximate surface area is 97.2 Å². The van der Waals surface area contributed by atoms with Crippen molar-refractivity contribution >= 4 is 11.6 Å². The minimum Gasteiger partial charge on any atom is -0.404 e. The minimum absolute atomic E-state index is 0.0373. The molecule has 0 unspecified atom stereocenters. The van der Waals surface area contributed by atoms with Crippen molar-refractivity contribution in [3.8, 4) is 5.75 Å². The van der Waals surface area contributed by atoms with Crippen LogP contribution in [0.25, 0.3) is 0 Å². The second-order valence-corrected chi connectivity index (χ2v) is 4.85. The van der Waals surface area contributed by atoms with Crippen LogP contribution in [0.2, 0.25) is 5.02 Å². The van der Waals surface area contributed by atoms with Crippen molar-refractivity contribution in [2.24, 2.45) is 0 Å². The molecule has 0 aromatic heterocycles. The predicted octanol–water partition coefficient (Wildman–Crippen LogP) is 4.54. The summed E-state index contributed by atoms with van der Waals surface area (Å²) in [6.07, 6.45) is -4.72. The second-order valence-electron chi connectivity index (χ2n) is 4.44. The van der Waals surface area contributed by atoms with Crippen LogP contribution in [0.1, 0.15) is 26.3 Å². The van der Waals surface area contributed by atoms with E-state index >= 15 is 0 Å². The summed E-state index contributed by atoms with van der Waals surface area (Å²) < 4.78 is 39.7. The lowest BCUT2D eigenvalue weighted by Gasteiger charge is -2.20. The molecule has 0 saturated heterocycles. The highest BCUT2D eigenvalue weighted by Gasteiger charge is 2.32. The van der Waals surface area contributed by atoms with Gasteiger partial charge in [-0.3, -0.25) is 0 Å². The van der Waals surface area contributed by atoms with E-state index in [1.54, 1.807) is 6.07 Å². The Balaban J connectivity index is 3.01. The van der Waals surface area contributed by atoms with Crippen LogP contribution in [0.15, 0.2) is 18.2 Å². The van der Waals surface area contributed by atoms with Crippen LogP contribution >= 0.6 is 11.6 Å². The average molecular weight is 253 g/mol. The number of benzene rings is 1. The molecule has 1 aromatic rings. The molecular formula is C11H12ClF3O. The molecule has 90 valence electrons. The summed E-state index contributed by atoms with van der Waals surface area (Å²) in [7, 11) is 0. The maximum absolute atomic E-state index is 12.0. The lowest BCUT2D eigenvalue weighted by atomic mass is 9.87. The third-order valence-electron chi connectivity index (χ3n) is 2.02. The lowest BCUT2D eigenvalue weighted by molar-refractivity contribution is -0.274. The SMILES string of the molecule is CC(C)(C)c1ccc(OC(F)(F)F)c(Cl)c1. The first kappa shape index (κ1) is 13.2. The molecule has 0 N–H and O–H groups in total. The topological polar surface area (TPSA) is 9.23 Å². The van der Waals surface area contributed by atoms with E-state index in [0.29, 0.717) is 0 Å². The molecule has 0 aliphatic rings. The Bertz CT molecular complexity index is 380. The van der Waals surface area contributed by atoms with Crippen LogP contribution in [0.4, 0.5) is 13.2 Å². The summed E-state index contributed by atoms with van der Waals surface area (Å²) in [5.74, 6) is -0.373. The van der Waals surface area contributed by atoms with Gasteiger partial charge in [-0.1, -0.05) is 38.4 Å². The molecule has 16 heavy (non-hydrogen) atoms. The Morgan fingerprint density at radius 3 is 2.06 bits per heavy atom. The Kier molecular flexibility index (Phi) is 3.43. The zero-order valence-electron chi connectivity index (χ0n) is 9.15. The molecule has 0 aliphatic carbocycles. The zero-order chi connectivity index (χ0) is 12.6. The van der Waals surface area contributed by atoms with Gasteiger partial charge in [-0.25, -0.2) is 0 Å². The van der Waals surface area contributed by atoms with Crippen molar-refractivity contribution in [1.29, 1.82) is 0 Å². The molecule has 0 aliphatic heterocycles. The first-order chi connectivity index (χ1) is 7.09. The quantitative estimate of drug-likeness (QED) is 0.713. The fourth-order valence-corrected chi connectivity index (χ4v) is 1.39. The first-order valence-electron chi connectivity index (χ1n) is 4.65. The number of ether oxygens (including phenoxy) is 1. The van der Waals surface area contributed by atoms with Crippen LogP contribution in [-0.2, 0) is 5.41 Å². The van der Waals surface area contributed by atoms with Crippen molar-refractivity contribution in [3.63, 3.8) is 0 Å². The molecule has 1 aromatic carbocycles. The minimum atomic E-state index is -4.72. The van der Waals surface area contributed by atoms with Gasteiger partial charge in [0.1, 0.15) is 5.75 Å². The molecule has 0 fully saturated rings. The third kappa shape index (κ3) is 3.59. The van der Waals surface area contributed by atoms with E-state index < -0.39 is 6.36 Å². The van der Waals surface area contributed by atoms with Crippen molar-refractivity contribution in [1.82, 2.24) is 0 Å². The van der Waals surface area contributed by atoms with E-state index in [2.05, 4.69) is 4.74 Å². The predicted molar refractivity (Wildman–Crippen MR) is 56.8 cm³/mol. The second kappa shape index (κ2) is 4.17. The summed E-state index contributed by atoms with van der Waals surface area (Å²) >= 11 is 5.72. The summed E-state index contributed by atoms with van der Waals surface area (Å²) in [6, 6.07) is 4.30. The number of halogens is 4. The van der Waals surface area contributed by atoms with Gasteiger partial charge in [-0.05, 0) is 23.1 Å². The molecule has 0 atom stereocenters. The zero-order valence-corrected chi connectivity index (χ0v) is 9.91. The first-order valence-corrected chi connectivity index (χ1v) is 5.03. The molecule has 0 saturated carbocycles. The smallest absolute Gasteiger partial charge is 0.404 e. The van der Waals surface area contributed by atoms with Crippen LogP contribution in [0.5, 0.6) is 5.75 Å². The standard InChI is InChI=1S/C11H12ClF3O/c1-10(2,3)7-4-5-9(8(12)6-7)16-11(13,14)15/h4-6H,1-3H3. The average Bonchev–Trinajstić information content (AvgIpc) is 2.04. The maximum atomic E-state index is 12.0. The largest absolute Gasteiger partial charge is 0.573 e. The van der Waals surface area contributed by atoms with Gasteiger partial charge in [0.05, 0.1) is 5.02 Å². The molecule has 0 bridgehead atoms. The molecule has 5 heteroatoms. The molecule has 1 rings (SSSR count). The monoisotopic (exact) mass is 252 g/mol. The van der Waals surface area contributed by atoms with E-state index in [9.17, 15) is 13.2 Å². The van der Waals surface area contributed by atoms with Gasteiger partial charge in [-0.2, -0.15) is 0 Å². The number of hydrogen-bond donors (Lipinski definition) is 0. The van der Waals surface area contributed by atoms with E-state index in [-0.39, 0.29) is 16.2 Å². The van der Waals surface area contributed by atoms with Crippen LogP contribution < -0.4 is 4.74 Å².